The molecule has 0 unspecified atom stereocenters. The molecule has 0 bridgehead atoms. The lowest BCUT2D eigenvalue weighted by molar-refractivity contribution is 0.401. The van der Waals surface area contributed by atoms with Gasteiger partial charge < -0.3 is 9.64 Å². The Hall–Kier alpha value is -1.90. The molecule has 0 amide bonds. The lowest BCUT2D eigenvalue weighted by atomic mass is 10.0. The van der Waals surface area contributed by atoms with Gasteiger partial charge in [-0.15, -0.1) is 11.3 Å². The van der Waals surface area contributed by atoms with E-state index in [4.69, 9.17) is 9.72 Å². The average Bonchev–Trinajstić information content (AvgIpc) is 3.21. The van der Waals surface area contributed by atoms with Crippen LogP contribution in [0, 0.1) is 13.8 Å². The second-order valence-electron chi connectivity index (χ2n) is 8.32. The van der Waals surface area contributed by atoms with E-state index in [2.05, 4.69) is 58.3 Å². The molecule has 1 aromatic heterocycles. The summed E-state index contributed by atoms with van der Waals surface area (Å²) in [6.07, 6.45) is 1.96. The quantitative estimate of drug-likeness (QED) is 0.414. The third-order valence-corrected chi connectivity index (χ3v) is 9.51. The molecule has 2 heterocycles. The number of ether oxygens (including phenoxy) is 1. The van der Waals surface area contributed by atoms with E-state index in [1.54, 1.807) is 29.5 Å². The van der Waals surface area contributed by atoms with E-state index in [9.17, 15) is 8.42 Å². The smallest absolute Gasteiger partial charge is 0.185 e. The van der Waals surface area contributed by atoms with Gasteiger partial charge >= 0.3 is 0 Å². The van der Waals surface area contributed by atoms with Crippen molar-refractivity contribution in [2.75, 3.05) is 25.1 Å². The Morgan fingerprint density at radius 3 is 2.47 bits per heavy atom. The predicted octanol–water partition coefficient (Wildman–Crippen LogP) is 5.56. The van der Waals surface area contributed by atoms with Crippen molar-refractivity contribution < 1.29 is 13.2 Å². The van der Waals surface area contributed by atoms with E-state index in [1.807, 2.05) is 0 Å². The molecule has 1 fully saturated rings. The van der Waals surface area contributed by atoms with Gasteiger partial charge in [-0.2, -0.15) is 0 Å². The molecule has 0 saturated carbocycles. The average molecular weight is 536 g/mol. The number of benzene rings is 2. The van der Waals surface area contributed by atoms with Crippen LogP contribution in [0.25, 0.3) is 0 Å². The fraction of sp³-hybridized carbons (Fsp3) is 0.375. The maximum atomic E-state index is 13.3. The van der Waals surface area contributed by atoms with Gasteiger partial charge in [0.2, 0.25) is 0 Å². The summed E-state index contributed by atoms with van der Waals surface area (Å²) in [5, 5.41) is 2.67. The van der Waals surface area contributed by atoms with Gasteiger partial charge in [0.1, 0.15) is 10.6 Å². The van der Waals surface area contributed by atoms with Crippen LogP contribution in [-0.2, 0) is 16.3 Å². The Morgan fingerprint density at radius 2 is 1.81 bits per heavy atom. The minimum absolute atomic E-state index is 0.262. The van der Waals surface area contributed by atoms with Crippen LogP contribution in [0.2, 0.25) is 0 Å². The highest BCUT2D eigenvalue weighted by atomic mass is 79.9. The zero-order chi connectivity index (χ0) is 22.9. The Bertz CT molecular complexity index is 1200. The van der Waals surface area contributed by atoms with Crippen molar-refractivity contribution in [2.24, 2.45) is 0 Å². The number of hydrogen-bond donors (Lipinski definition) is 0. The van der Waals surface area contributed by atoms with E-state index in [1.165, 1.54) is 23.8 Å². The normalized spacial score (nSPS) is 15.2. The molecule has 170 valence electrons. The van der Waals surface area contributed by atoms with Gasteiger partial charge in [0.05, 0.1) is 18.1 Å². The number of sulfone groups is 1. The highest BCUT2D eigenvalue weighted by Crippen LogP contribution is 2.34. The number of methoxy groups -OCH3 is 1. The number of piperidine rings is 1. The summed E-state index contributed by atoms with van der Waals surface area (Å²) in [6, 6.07) is 11.7. The Morgan fingerprint density at radius 1 is 1.12 bits per heavy atom. The van der Waals surface area contributed by atoms with Gasteiger partial charge in [0.15, 0.2) is 15.0 Å². The van der Waals surface area contributed by atoms with Crippen LogP contribution in [0.1, 0.15) is 35.2 Å². The van der Waals surface area contributed by atoms with Crippen molar-refractivity contribution in [3.05, 3.63) is 68.6 Å². The second kappa shape index (κ2) is 9.53. The van der Waals surface area contributed by atoms with Crippen LogP contribution in [-0.4, -0.2) is 38.9 Å². The summed E-state index contributed by atoms with van der Waals surface area (Å²) in [5.41, 5.74) is 4.86. The molecule has 1 saturated heterocycles. The van der Waals surface area contributed by atoms with Gasteiger partial charge in [0, 0.05) is 29.4 Å². The van der Waals surface area contributed by atoms with Gasteiger partial charge in [-0.3, -0.25) is 0 Å². The largest absolute Gasteiger partial charge is 0.495 e. The summed E-state index contributed by atoms with van der Waals surface area (Å²) in [6.45, 7) is 5.59. The van der Waals surface area contributed by atoms with Crippen LogP contribution in [0.4, 0.5) is 5.13 Å². The lowest BCUT2D eigenvalue weighted by Crippen LogP contribution is -2.39. The molecule has 0 radical (unpaired) electrons. The fourth-order valence-electron chi connectivity index (χ4n) is 4.31. The number of anilines is 1. The number of aromatic nitrogens is 1. The molecule has 32 heavy (non-hydrogen) atoms. The van der Waals surface area contributed by atoms with Crippen molar-refractivity contribution in [3.8, 4) is 5.75 Å². The van der Waals surface area contributed by atoms with Crippen LogP contribution >= 0.6 is 27.3 Å². The number of hydrogen-bond acceptors (Lipinski definition) is 6. The van der Waals surface area contributed by atoms with Crippen LogP contribution in [0.3, 0.4) is 0 Å². The summed E-state index contributed by atoms with van der Waals surface area (Å²) < 4.78 is 32.6. The number of aryl methyl sites for hydroxylation is 2. The molecule has 4 rings (SSSR count). The SMILES string of the molecule is COc1ccc(Br)cc1S(=O)(=O)C1CCN(c2nc(Cc3cc(C)cc(C)c3)cs2)CC1. The highest BCUT2D eigenvalue weighted by molar-refractivity contribution is 9.10. The zero-order valence-corrected chi connectivity index (χ0v) is 21.7. The molecule has 5 nitrogen and oxygen atoms in total. The van der Waals surface area contributed by atoms with Gasteiger partial charge in [-0.05, 0) is 50.5 Å². The minimum atomic E-state index is -3.48. The van der Waals surface area contributed by atoms with Crippen molar-refractivity contribution in [2.45, 2.75) is 43.3 Å². The molecule has 2 aromatic carbocycles. The monoisotopic (exact) mass is 534 g/mol. The van der Waals surface area contributed by atoms with E-state index in [0.29, 0.717) is 31.7 Å². The standard InChI is InChI=1S/C24H27BrN2O3S2/c1-16-10-17(2)12-18(11-16)13-20-15-31-24(26-20)27-8-6-21(7-9-27)32(28,29)23-14-19(25)4-5-22(23)30-3/h4-5,10-12,14-15,21H,6-9,13H2,1-3H3. The van der Waals surface area contributed by atoms with Crippen LogP contribution in [0.15, 0.2) is 51.1 Å². The summed E-state index contributed by atoms with van der Waals surface area (Å²) in [7, 11) is -1.97. The van der Waals surface area contributed by atoms with E-state index in [0.717, 1.165) is 21.7 Å². The Labute approximate surface area is 202 Å². The number of rotatable bonds is 6. The first-order valence-electron chi connectivity index (χ1n) is 10.6. The van der Waals surface area contributed by atoms with E-state index in [-0.39, 0.29) is 4.90 Å². The first kappa shape index (κ1) is 23.3. The number of thiazole rings is 1. The second-order valence-corrected chi connectivity index (χ2v) is 12.3. The van der Waals surface area contributed by atoms with E-state index < -0.39 is 15.1 Å². The van der Waals surface area contributed by atoms with Crippen LogP contribution < -0.4 is 9.64 Å². The van der Waals surface area contributed by atoms with Crippen molar-refractivity contribution in [1.82, 2.24) is 4.98 Å². The molecular formula is C24H27BrN2O3S2. The van der Waals surface area contributed by atoms with Crippen molar-refractivity contribution in [1.29, 1.82) is 0 Å². The highest BCUT2D eigenvalue weighted by Gasteiger charge is 2.34. The first-order valence-corrected chi connectivity index (χ1v) is 13.8. The molecule has 1 aliphatic rings. The molecule has 3 aromatic rings. The van der Waals surface area contributed by atoms with Gasteiger partial charge in [-0.25, -0.2) is 13.4 Å². The molecule has 8 heteroatoms. The lowest BCUT2D eigenvalue weighted by Gasteiger charge is -2.31. The number of halogens is 1. The zero-order valence-electron chi connectivity index (χ0n) is 18.5. The molecule has 0 N–H and O–H groups in total. The van der Waals surface area contributed by atoms with Gasteiger partial charge in [0.25, 0.3) is 0 Å². The Balaban J connectivity index is 1.44. The predicted molar refractivity (Wildman–Crippen MR) is 134 cm³/mol. The van der Waals surface area contributed by atoms with Gasteiger partial charge in [-0.1, -0.05) is 45.3 Å². The van der Waals surface area contributed by atoms with Crippen molar-refractivity contribution >= 4 is 42.2 Å². The third-order valence-electron chi connectivity index (χ3n) is 5.79. The first-order chi connectivity index (χ1) is 15.3. The Kier molecular flexibility index (Phi) is 6.93. The molecule has 0 atom stereocenters. The third kappa shape index (κ3) is 5.02. The topological polar surface area (TPSA) is 59.5 Å². The van der Waals surface area contributed by atoms with Crippen molar-refractivity contribution in [3.63, 3.8) is 0 Å². The maximum absolute atomic E-state index is 13.3. The van der Waals surface area contributed by atoms with Crippen LogP contribution in [0.5, 0.6) is 5.75 Å². The fourth-order valence-corrected chi connectivity index (χ4v) is 7.62. The molecule has 0 aliphatic carbocycles. The minimum Gasteiger partial charge on any atom is -0.495 e. The molecule has 0 spiro atoms. The van der Waals surface area contributed by atoms with E-state index >= 15 is 0 Å². The number of nitrogens with zero attached hydrogens (tertiary/aromatic N) is 2. The molecule has 1 aliphatic heterocycles. The summed E-state index contributed by atoms with van der Waals surface area (Å²) >= 11 is 5.02. The maximum Gasteiger partial charge on any atom is 0.185 e. The molecular weight excluding hydrogens is 508 g/mol. The summed E-state index contributed by atoms with van der Waals surface area (Å²) in [4.78, 5) is 7.31. The summed E-state index contributed by atoms with van der Waals surface area (Å²) in [5.74, 6) is 0.395.